The Bertz CT molecular complexity index is 1550. The summed E-state index contributed by atoms with van der Waals surface area (Å²) in [7, 11) is -4.76. The molecule has 0 aromatic heterocycles. The average molecular weight is 1090 g/mol. The van der Waals surface area contributed by atoms with Gasteiger partial charge in [-0.1, -0.05) is 248 Å². The number of hydrogen-bond acceptors (Lipinski definition) is 10. The van der Waals surface area contributed by atoms with Crippen LogP contribution in [-0.2, 0) is 42.2 Å². The van der Waals surface area contributed by atoms with Crippen LogP contribution in [-0.4, -0.2) is 66.5 Å². The summed E-state index contributed by atoms with van der Waals surface area (Å²) in [5.74, 6) is -1.49. The predicted octanol–water partition coefficient (Wildman–Crippen LogP) is 18.5. The fourth-order valence-electron chi connectivity index (χ4n) is 8.45. The molecule has 3 atom stereocenters. The van der Waals surface area contributed by atoms with E-state index in [1.807, 2.05) is 0 Å². The SMILES string of the molecule is CC/C=C\C/C=C\C/C=C\C/C=C\CCCCCCCCC(=O)OC(COC(=O)CCCCCCC/C=C\C/C=C\CCC)COP(=O)(O)OCC(CO)OC(=O)CCCCCCCCCCCCCCCCCCC. The molecule has 3 unspecified atom stereocenters. The minimum Gasteiger partial charge on any atom is -0.462 e. The molecule has 0 spiro atoms. The summed E-state index contributed by atoms with van der Waals surface area (Å²) < 4.78 is 39.6. The van der Waals surface area contributed by atoms with Crippen LogP contribution in [0, 0.1) is 0 Å². The van der Waals surface area contributed by atoms with Crippen molar-refractivity contribution in [2.24, 2.45) is 0 Å². The number of rotatable bonds is 57. The molecule has 0 heterocycles. The highest BCUT2D eigenvalue weighted by Crippen LogP contribution is 2.43. The topological polar surface area (TPSA) is 155 Å². The van der Waals surface area contributed by atoms with Crippen LogP contribution in [0.3, 0.4) is 0 Å². The highest BCUT2D eigenvalue weighted by Gasteiger charge is 2.28. The number of unbranched alkanes of at least 4 members (excludes halogenated alkanes) is 28. The Morgan fingerprint density at radius 1 is 0.382 bits per heavy atom. The van der Waals surface area contributed by atoms with E-state index in [4.69, 9.17) is 23.3 Å². The maximum Gasteiger partial charge on any atom is 0.472 e. The summed E-state index contributed by atoms with van der Waals surface area (Å²) in [5.41, 5.74) is 0. The monoisotopic (exact) mass is 1090 g/mol. The van der Waals surface area contributed by atoms with Gasteiger partial charge in [-0.25, -0.2) is 4.57 Å². The first-order valence-electron chi connectivity index (χ1n) is 30.8. The normalized spacial score (nSPS) is 13.8. The molecule has 0 aliphatic heterocycles. The molecular weight excluding hydrogens is 976 g/mol. The van der Waals surface area contributed by atoms with Gasteiger partial charge >= 0.3 is 25.7 Å². The number of phosphoric ester groups is 1. The van der Waals surface area contributed by atoms with Crippen molar-refractivity contribution >= 4 is 25.7 Å². The zero-order chi connectivity index (χ0) is 55.5. The number of esters is 3. The second-order valence-corrected chi connectivity index (χ2v) is 21.9. The van der Waals surface area contributed by atoms with Gasteiger partial charge in [0.05, 0.1) is 19.8 Å². The van der Waals surface area contributed by atoms with Gasteiger partial charge in [0, 0.05) is 19.3 Å². The van der Waals surface area contributed by atoms with Crippen molar-refractivity contribution in [2.75, 3.05) is 26.4 Å². The van der Waals surface area contributed by atoms with Crippen molar-refractivity contribution in [3.8, 4) is 0 Å². The number of phosphoric acid groups is 1. The summed E-state index contributed by atoms with van der Waals surface area (Å²) in [6, 6.07) is 0. The second-order valence-electron chi connectivity index (χ2n) is 20.5. The lowest BCUT2D eigenvalue weighted by Crippen LogP contribution is -2.30. The third-order valence-electron chi connectivity index (χ3n) is 13.1. The fourth-order valence-corrected chi connectivity index (χ4v) is 9.23. The number of ether oxygens (including phenoxy) is 3. The van der Waals surface area contributed by atoms with Crippen LogP contribution in [0.1, 0.15) is 278 Å². The molecule has 76 heavy (non-hydrogen) atoms. The Labute approximate surface area is 465 Å². The Morgan fingerprint density at radius 2 is 0.711 bits per heavy atom. The molecule has 0 rings (SSSR count). The Morgan fingerprint density at radius 3 is 1.11 bits per heavy atom. The van der Waals surface area contributed by atoms with Gasteiger partial charge in [0.2, 0.25) is 0 Å². The van der Waals surface area contributed by atoms with Crippen molar-refractivity contribution < 1.29 is 52.2 Å². The standard InChI is InChI=1S/C64H113O11P/c1-4-7-10-13-16-19-22-25-27-29-30-32-34-37-40-43-46-49-52-55-64(68)75-61(57-71-62(66)53-50-47-44-41-38-35-24-21-18-15-12-9-6-3)59-73-76(69,70)72-58-60(56-65)74-63(67)54-51-48-45-42-39-36-33-31-28-26-23-20-17-14-11-8-5-2/h7,10,12,15-16,19,21,24-25,27,30,32,60-61,65H,4-6,8-9,11,13-14,17-18,20,22-23,26,28-29,31,33-59H2,1-3H3,(H,69,70)/b10-7-,15-12-,19-16-,24-21-,27-25-,32-30-. The van der Waals surface area contributed by atoms with Gasteiger partial charge in [0.15, 0.2) is 6.10 Å². The molecule has 0 bridgehead atoms. The zero-order valence-electron chi connectivity index (χ0n) is 48.7. The minimum atomic E-state index is -4.76. The smallest absolute Gasteiger partial charge is 0.462 e. The number of carbonyl (C=O) groups is 3. The molecule has 0 aliphatic rings. The van der Waals surface area contributed by atoms with Crippen molar-refractivity contribution in [2.45, 2.75) is 290 Å². The fraction of sp³-hybridized carbons (Fsp3) is 0.766. The first-order chi connectivity index (χ1) is 37.2. The van der Waals surface area contributed by atoms with E-state index in [2.05, 4.69) is 93.7 Å². The van der Waals surface area contributed by atoms with Crippen molar-refractivity contribution in [1.82, 2.24) is 0 Å². The molecule has 0 amide bonds. The van der Waals surface area contributed by atoms with Crippen LogP contribution < -0.4 is 0 Å². The van der Waals surface area contributed by atoms with E-state index in [9.17, 15) is 28.9 Å². The molecular formula is C64H113O11P. The highest BCUT2D eigenvalue weighted by atomic mass is 31.2. The first kappa shape index (κ1) is 72.9. The largest absolute Gasteiger partial charge is 0.472 e. The summed E-state index contributed by atoms with van der Waals surface area (Å²) in [6.07, 6.45) is 65.7. The summed E-state index contributed by atoms with van der Waals surface area (Å²) in [4.78, 5) is 48.6. The molecule has 0 saturated heterocycles. The molecule has 0 fully saturated rings. The van der Waals surface area contributed by atoms with E-state index < -0.39 is 57.8 Å². The van der Waals surface area contributed by atoms with E-state index >= 15 is 0 Å². The summed E-state index contributed by atoms with van der Waals surface area (Å²) >= 11 is 0. The van der Waals surface area contributed by atoms with Crippen LogP contribution in [0.4, 0.5) is 0 Å². The third-order valence-corrected chi connectivity index (χ3v) is 14.0. The van der Waals surface area contributed by atoms with Crippen molar-refractivity contribution in [3.05, 3.63) is 72.9 Å². The molecule has 0 saturated carbocycles. The van der Waals surface area contributed by atoms with Gasteiger partial charge in [0.25, 0.3) is 0 Å². The van der Waals surface area contributed by atoms with Gasteiger partial charge in [-0.3, -0.25) is 23.4 Å². The average Bonchev–Trinajstić information content (AvgIpc) is 3.41. The lowest BCUT2D eigenvalue weighted by molar-refractivity contribution is -0.161. The van der Waals surface area contributed by atoms with Crippen molar-refractivity contribution in [1.29, 1.82) is 0 Å². The molecule has 440 valence electrons. The second kappa shape index (κ2) is 58.1. The molecule has 0 aliphatic carbocycles. The number of hydrogen-bond donors (Lipinski definition) is 2. The van der Waals surface area contributed by atoms with Gasteiger partial charge in [-0.2, -0.15) is 0 Å². The summed E-state index contributed by atoms with van der Waals surface area (Å²) in [5, 5.41) is 9.84. The maximum atomic E-state index is 12.9. The number of carbonyl (C=O) groups excluding carboxylic acids is 3. The van der Waals surface area contributed by atoms with Crippen LogP contribution in [0.15, 0.2) is 72.9 Å². The van der Waals surface area contributed by atoms with Crippen LogP contribution in [0.2, 0.25) is 0 Å². The van der Waals surface area contributed by atoms with Gasteiger partial charge < -0.3 is 24.2 Å². The maximum absolute atomic E-state index is 12.9. The molecule has 11 nitrogen and oxygen atoms in total. The lowest BCUT2D eigenvalue weighted by Gasteiger charge is -2.21. The molecule has 12 heteroatoms. The van der Waals surface area contributed by atoms with Crippen LogP contribution >= 0.6 is 7.82 Å². The van der Waals surface area contributed by atoms with Crippen LogP contribution in [0.5, 0.6) is 0 Å². The quantitative estimate of drug-likeness (QED) is 0.0197. The number of aliphatic hydroxyl groups excluding tert-OH is 1. The minimum absolute atomic E-state index is 0.147. The van der Waals surface area contributed by atoms with Gasteiger partial charge in [-0.15, -0.1) is 0 Å². The predicted molar refractivity (Wildman–Crippen MR) is 316 cm³/mol. The molecule has 2 N–H and O–H groups in total. The molecule has 0 aromatic rings. The molecule has 0 aromatic carbocycles. The Balaban J connectivity index is 4.69. The van der Waals surface area contributed by atoms with E-state index in [1.54, 1.807) is 0 Å². The van der Waals surface area contributed by atoms with Crippen LogP contribution in [0.25, 0.3) is 0 Å². The zero-order valence-corrected chi connectivity index (χ0v) is 49.6. The Kier molecular flexibility index (Phi) is 55.7. The van der Waals surface area contributed by atoms with E-state index in [-0.39, 0.29) is 25.9 Å². The van der Waals surface area contributed by atoms with Crippen molar-refractivity contribution in [3.63, 3.8) is 0 Å². The summed E-state index contributed by atoms with van der Waals surface area (Å²) in [6.45, 7) is 4.47. The van der Waals surface area contributed by atoms with E-state index in [0.717, 1.165) is 128 Å². The Hall–Kier alpha value is -3.08. The lowest BCUT2D eigenvalue weighted by atomic mass is 10.0. The van der Waals surface area contributed by atoms with E-state index in [1.165, 1.54) is 89.9 Å². The molecule has 0 radical (unpaired) electrons. The third kappa shape index (κ3) is 55.7. The van der Waals surface area contributed by atoms with E-state index in [0.29, 0.717) is 19.3 Å². The first-order valence-corrected chi connectivity index (χ1v) is 32.3. The number of allylic oxidation sites excluding steroid dienone is 12. The van der Waals surface area contributed by atoms with Gasteiger partial charge in [-0.05, 0) is 83.5 Å². The highest BCUT2D eigenvalue weighted by molar-refractivity contribution is 7.47. The van der Waals surface area contributed by atoms with Gasteiger partial charge in [0.1, 0.15) is 12.7 Å². The number of aliphatic hydroxyl groups is 1.